The van der Waals surface area contributed by atoms with Crippen LogP contribution in [0.25, 0.3) is 0 Å². The fourth-order valence-corrected chi connectivity index (χ4v) is 7.97. The number of aliphatic hydroxyl groups is 1. The molecule has 1 aliphatic heterocycles. The number of hydrogen-bond donors (Lipinski definition) is 3. The first-order chi connectivity index (χ1) is 18.8. The number of nitrogens with zero attached hydrogens (tertiary/aromatic N) is 2. The van der Waals surface area contributed by atoms with Gasteiger partial charge in [0, 0.05) is 36.1 Å². The molecule has 5 aliphatic rings. The molecule has 2 unspecified atom stereocenters. The monoisotopic (exact) mass is 553 g/mol. The maximum atomic E-state index is 13.7. The number of benzene rings is 1. The lowest BCUT2D eigenvalue weighted by Gasteiger charge is -2.58. The minimum absolute atomic E-state index is 0.0456. The third-order valence-electron chi connectivity index (χ3n) is 9.26. The van der Waals surface area contributed by atoms with E-state index < -0.39 is 11.6 Å². The van der Waals surface area contributed by atoms with Crippen molar-refractivity contribution < 1.29 is 24.5 Å². The first kappa shape index (κ1) is 26.4. The zero-order chi connectivity index (χ0) is 27.1. The number of carboxylic acid groups (broad SMARTS) is 1. The molecule has 2 heterocycles. The smallest absolute Gasteiger partial charge is 0.303 e. The number of aromatic nitrogens is 1. The molecule has 4 bridgehead atoms. The van der Waals surface area contributed by atoms with Gasteiger partial charge in [0.2, 0.25) is 5.88 Å². The number of ether oxygens (including phenoxy) is 1. The number of hydrogen-bond acceptors (Lipinski definition) is 6. The highest BCUT2D eigenvalue weighted by atomic mass is 35.5. The number of amides is 1. The Morgan fingerprint density at radius 1 is 1.13 bits per heavy atom. The summed E-state index contributed by atoms with van der Waals surface area (Å²) in [6, 6.07) is 11.1. The Hall–Kier alpha value is -2.84. The first-order valence-electron chi connectivity index (χ1n) is 14.1. The summed E-state index contributed by atoms with van der Waals surface area (Å²) in [6.07, 6.45) is 6.41. The van der Waals surface area contributed by atoms with E-state index in [9.17, 15) is 19.8 Å². The average molecular weight is 554 g/mol. The molecule has 3 N–H and O–H groups in total. The maximum Gasteiger partial charge on any atom is 0.303 e. The van der Waals surface area contributed by atoms with Crippen LogP contribution in [0.1, 0.15) is 67.3 Å². The fourth-order valence-electron chi connectivity index (χ4n) is 7.78. The van der Waals surface area contributed by atoms with E-state index in [2.05, 4.69) is 10.2 Å². The van der Waals surface area contributed by atoms with E-state index in [4.69, 9.17) is 21.3 Å². The molecule has 1 saturated heterocycles. The molecule has 4 aliphatic carbocycles. The number of rotatable bonds is 8. The summed E-state index contributed by atoms with van der Waals surface area (Å²) < 4.78 is 6.15. The van der Waals surface area contributed by atoms with Crippen LogP contribution in [0, 0.1) is 23.7 Å². The molecule has 39 heavy (non-hydrogen) atoms. The van der Waals surface area contributed by atoms with Crippen LogP contribution in [-0.4, -0.2) is 51.8 Å². The van der Waals surface area contributed by atoms with Gasteiger partial charge in [-0.2, -0.15) is 4.98 Å². The summed E-state index contributed by atoms with van der Waals surface area (Å²) in [5.74, 6) is 1.12. The van der Waals surface area contributed by atoms with E-state index >= 15 is 0 Å². The molecule has 2 aromatic rings. The molecule has 7 rings (SSSR count). The van der Waals surface area contributed by atoms with Gasteiger partial charge in [0.25, 0.3) is 5.91 Å². The van der Waals surface area contributed by atoms with Crippen molar-refractivity contribution in [2.45, 2.75) is 69.6 Å². The number of halogens is 1. The SMILES string of the molecule is O=C(O)C[C@@H]1CCCN(c2ccc(C(=O)NC3C4CC5CC3CC(O)(C5)C4)c(OCc3ccccc3Cl)n2)C1. The van der Waals surface area contributed by atoms with Crippen LogP contribution in [0.3, 0.4) is 0 Å². The van der Waals surface area contributed by atoms with E-state index in [1.54, 1.807) is 12.1 Å². The molecule has 208 valence electrons. The molecule has 0 spiro atoms. The van der Waals surface area contributed by atoms with Gasteiger partial charge in [-0.05, 0) is 86.8 Å². The number of carboxylic acids is 1. The third kappa shape index (κ3) is 5.59. The highest BCUT2D eigenvalue weighted by Gasteiger charge is 2.55. The molecule has 1 aromatic carbocycles. The zero-order valence-corrected chi connectivity index (χ0v) is 22.8. The van der Waals surface area contributed by atoms with Crippen molar-refractivity contribution in [3.63, 3.8) is 0 Å². The summed E-state index contributed by atoms with van der Waals surface area (Å²) in [5.41, 5.74) is 0.612. The van der Waals surface area contributed by atoms with Crippen molar-refractivity contribution in [3.8, 4) is 5.88 Å². The van der Waals surface area contributed by atoms with Gasteiger partial charge >= 0.3 is 5.97 Å². The van der Waals surface area contributed by atoms with Gasteiger partial charge in [-0.15, -0.1) is 0 Å². The fraction of sp³-hybridized carbons (Fsp3) is 0.567. The molecule has 1 amide bonds. The second-order valence-electron chi connectivity index (χ2n) is 12.1. The minimum Gasteiger partial charge on any atom is -0.481 e. The molecule has 0 radical (unpaired) electrons. The average Bonchev–Trinajstić information content (AvgIpc) is 2.89. The number of carbonyl (C=O) groups excluding carboxylic acids is 1. The van der Waals surface area contributed by atoms with Crippen LogP contribution < -0.4 is 15.0 Å². The maximum absolute atomic E-state index is 13.7. The molecule has 8 nitrogen and oxygen atoms in total. The number of aliphatic carboxylic acids is 1. The van der Waals surface area contributed by atoms with Gasteiger partial charge in [0.15, 0.2) is 0 Å². The van der Waals surface area contributed by atoms with Gasteiger partial charge in [-0.25, -0.2) is 0 Å². The predicted molar refractivity (Wildman–Crippen MR) is 147 cm³/mol. The van der Waals surface area contributed by atoms with Crippen LogP contribution in [0.4, 0.5) is 5.82 Å². The third-order valence-corrected chi connectivity index (χ3v) is 9.63. The highest BCUT2D eigenvalue weighted by molar-refractivity contribution is 6.31. The Bertz CT molecular complexity index is 1240. The van der Waals surface area contributed by atoms with Gasteiger partial charge in [-0.3, -0.25) is 9.59 Å². The van der Waals surface area contributed by atoms with Crippen molar-refractivity contribution in [2.75, 3.05) is 18.0 Å². The molecule has 9 heteroatoms. The molecule has 4 saturated carbocycles. The lowest BCUT2D eigenvalue weighted by molar-refractivity contribution is -0.138. The van der Waals surface area contributed by atoms with Gasteiger partial charge < -0.3 is 25.2 Å². The Kier molecular flexibility index (Phi) is 7.18. The summed E-state index contributed by atoms with van der Waals surface area (Å²) >= 11 is 6.36. The second kappa shape index (κ2) is 10.6. The predicted octanol–water partition coefficient (Wildman–Crippen LogP) is 4.67. The first-order valence-corrected chi connectivity index (χ1v) is 14.5. The van der Waals surface area contributed by atoms with Gasteiger partial charge in [-0.1, -0.05) is 29.8 Å². The van der Waals surface area contributed by atoms with Crippen LogP contribution in [-0.2, 0) is 11.4 Å². The van der Waals surface area contributed by atoms with Gasteiger partial charge in [0.1, 0.15) is 18.0 Å². The lowest BCUT2D eigenvalue weighted by Crippen LogP contribution is -2.61. The summed E-state index contributed by atoms with van der Waals surface area (Å²) in [6.45, 7) is 1.54. The summed E-state index contributed by atoms with van der Waals surface area (Å²) in [4.78, 5) is 31.8. The summed E-state index contributed by atoms with van der Waals surface area (Å²) in [7, 11) is 0. The zero-order valence-electron chi connectivity index (χ0n) is 22.0. The van der Waals surface area contributed by atoms with Crippen LogP contribution in [0.15, 0.2) is 36.4 Å². The molecule has 3 atom stereocenters. The second-order valence-corrected chi connectivity index (χ2v) is 12.6. The molecular weight excluding hydrogens is 518 g/mol. The van der Waals surface area contributed by atoms with E-state index in [0.29, 0.717) is 40.7 Å². The van der Waals surface area contributed by atoms with Crippen LogP contribution >= 0.6 is 11.6 Å². The normalized spacial score (nSPS) is 31.2. The Labute approximate surface area is 233 Å². The largest absolute Gasteiger partial charge is 0.481 e. The molecule has 1 aromatic heterocycles. The van der Waals surface area contributed by atoms with Crippen LogP contribution in [0.5, 0.6) is 5.88 Å². The van der Waals surface area contributed by atoms with E-state index in [0.717, 1.165) is 57.1 Å². The Morgan fingerprint density at radius 2 is 1.90 bits per heavy atom. The van der Waals surface area contributed by atoms with E-state index in [-0.39, 0.29) is 36.8 Å². The number of anilines is 1. The van der Waals surface area contributed by atoms with Crippen molar-refractivity contribution in [1.82, 2.24) is 10.3 Å². The van der Waals surface area contributed by atoms with Gasteiger partial charge in [0.05, 0.1) is 5.60 Å². The van der Waals surface area contributed by atoms with Crippen LogP contribution in [0.2, 0.25) is 5.02 Å². The topological polar surface area (TPSA) is 112 Å². The molecular formula is C30H36ClN3O5. The van der Waals surface area contributed by atoms with Crippen molar-refractivity contribution in [2.24, 2.45) is 23.7 Å². The number of carbonyl (C=O) groups is 2. The standard InChI is InChI=1S/C30H36ClN3O5/c31-24-6-2-1-5-20(24)17-39-29-23(7-8-25(32-29)34-9-3-4-18(16-34)12-26(35)36)28(37)33-27-21-10-19-11-22(27)15-30(38,13-19)14-21/h1-2,5-8,18-19,21-22,27,38H,3-4,9-17H2,(H,33,37)(H,35,36)/t18-,19?,21?,22?,27?,30?/m0/s1. The number of piperidine rings is 1. The number of nitrogens with one attached hydrogen (secondary N) is 1. The van der Waals surface area contributed by atoms with Crippen molar-refractivity contribution in [1.29, 1.82) is 0 Å². The Morgan fingerprint density at radius 3 is 2.62 bits per heavy atom. The van der Waals surface area contributed by atoms with Crippen molar-refractivity contribution in [3.05, 3.63) is 52.5 Å². The van der Waals surface area contributed by atoms with E-state index in [1.807, 2.05) is 24.3 Å². The minimum atomic E-state index is -0.789. The lowest BCUT2D eigenvalue weighted by atomic mass is 9.52. The number of pyridine rings is 1. The van der Waals surface area contributed by atoms with E-state index in [1.165, 1.54) is 0 Å². The summed E-state index contributed by atoms with van der Waals surface area (Å²) in [5, 5.41) is 24.1. The molecule has 5 fully saturated rings. The highest BCUT2D eigenvalue weighted by Crippen LogP contribution is 2.55. The Balaban J connectivity index is 1.23. The van der Waals surface area contributed by atoms with Crippen molar-refractivity contribution >= 4 is 29.3 Å². The quantitative estimate of drug-likeness (QED) is 0.435.